The Morgan fingerprint density at radius 3 is 2.64 bits per heavy atom. The quantitative estimate of drug-likeness (QED) is 0.236. The molecule has 1 fully saturated rings. The lowest BCUT2D eigenvalue weighted by Gasteiger charge is -2.18. The van der Waals surface area contributed by atoms with Crippen molar-refractivity contribution in [2.45, 2.75) is 23.9 Å². The Hall–Kier alpha value is -3.63. The lowest BCUT2D eigenvalue weighted by atomic mass is 10.1. The number of nitrogen functional groups attached to an aromatic ring is 2. The van der Waals surface area contributed by atoms with E-state index in [2.05, 4.69) is 4.72 Å². The molecule has 1 amide bonds. The monoisotopic (exact) mass is 467 g/mol. The molecule has 0 saturated carbocycles. The summed E-state index contributed by atoms with van der Waals surface area (Å²) in [4.78, 5) is 14.5. The number of likely N-dealkylation sites (tertiary alicyclic amines) is 1. The van der Waals surface area contributed by atoms with E-state index in [1.165, 1.54) is 6.07 Å². The van der Waals surface area contributed by atoms with E-state index in [1.54, 1.807) is 54.5 Å². The Morgan fingerprint density at radius 1 is 1.15 bits per heavy atom. The third-order valence-electron chi connectivity index (χ3n) is 5.62. The number of anilines is 1. The summed E-state index contributed by atoms with van der Waals surface area (Å²) < 4.78 is 33.7. The molecule has 172 valence electrons. The molecule has 9 nitrogen and oxygen atoms in total. The number of benzene rings is 3. The molecule has 6 N–H and O–H groups in total. The number of nitrogens with two attached hydrogens (primary N) is 2. The van der Waals surface area contributed by atoms with E-state index in [9.17, 15) is 13.2 Å². The molecule has 1 aliphatic rings. The average molecular weight is 468 g/mol. The molecule has 10 heteroatoms. The Balaban J connectivity index is 1.50. The van der Waals surface area contributed by atoms with Gasteiger partial charge in [0, 0.05) is 24.3 Å². The van der Waals surface area contributed by atoms with Crippen molar-refractivity contribution in [2.75, 3.05) is 19.4 Å². The Kier molecular flexibility index (Phi) is 5.96. The van der Waals surface area contributed by atoms with Gasteiger partial charge in [0.25, 0.3) is 0 Å². The molecule has 33 heavy (non-hydrogen) atoms. The van der Waals surface area contributed by atoms with Gasteiger partial charge in [-0.3, -0.25) is 10.2 Å². The number of hydrogen-bond acceptors (Lipinski definition) is 6. The van der Waals surface area contributed by atoms with Gasteiger partial charge in [-0.25, -0.2) is 8.42 Å². The van der Waals surface area contributed by atoms with Crippen LogP contribution >= 0.6 is 0 Å². The number of amidine groups is 1. The van der Waals surface area contributed by atoms with Gasteiger partial charge in [-0.05, 0) is 65.2 Å². The molecule has 3 aromatic carbocycles. The number of carbonyl (C=O) groups is 1. The molecule has 4 rings (SSSR count). The normalized spacial score (nSPS) is 16.3. The smallest absolute Gasteiger partial charge is 0.241 e. The summed E-state index contributed by atoms with van der Waals surface area (Å²) in [6.45, 7) is 0.642. The highest BCUT2D eigenvalue weighted by Gasteiger charge is 2.35. The molecule has 0 radical (unpaired) electrons. The van der Waals surface area contributed by atoms with Crippen LogP contribution in [0.3, 0.4) is 0 Å². The van der Waals surface area contributed by atoms with Crippen molar-refractivity contribution in [3.63, 3.8) is 0 Å². The van der Waals surface area contributed by atoms with Crippen molar-refractivity contribution in [3.05, 3.63) is 65.7 Å². The van der Waals surface area contributed by atoms with Crippen molar-refractivity contribution in [1.82, 2.24) is 9.62 Å². The van der Waals surface area contributed by atoms with Crippen LogP contribution in [0.15, 0.2) is 59.5 Å². The Morgan fingerprint density at radius 2 is 1.91 bits per heavy atom. The van der Waals surface area contributed by atoms with Crippen LogP contribution < -0.4 is 20.9 Å². The minimum atomic E-state index is -3.91. The van der Waals surface area contributed by atoms with Crippen molar-refractivity contribution < 1.29 is 17.9 Å². The molecule has 1 aliphatic heterocycles. The van der Waals surface area contributed by atoms with Crippen LogP contribution in [0.1, 0.15) is 17.5 Å². The predicted molar refractivity (Wildman–Crippen MR) is 127 cm³/mol. The first kappa shape index (κ1) is 22.6. The number of nitrogens with zero attached hydrogens (tertiary/aromatic N) is 1. The fourth-order valence-electron chi connectivity index (χ4n) is 3.94. The van der Waals surface area contributed by atoms with Crippen LogP contribution in [0.25, 0.3) is 10.8 Å². The summed E-state index contributed by atoms with van der Waals surface area (Å²) in [5.74, 6) is 0.198. The number of ether oxygens (including phenoxy) is 1. The van der Waals surface area contributed by atoms with Gasteiger partial charge >= 0.3 is 0 Å². The number of hydrogen-bond donors (Lipinski definition) is 4. The summed E-state index contributed by atoms with van der Waals surface area (Å²) in [5, 5.41) is 9.20. The maximum absolute atomic E-state index is 13.0. The predicted octanol–water partition coefficient (Wildman–Crippen LogP) is 1.79. The second-order valence-electron chi connectivity index (χ2n) is 7.97. The van der Waals surface area contributed by atoms with Gasteiger partial charge in [-0.15, -0.1) is 0 Å². The first-order valence-electron chi connectivity index (χ1n) is 10.3. The highest BCUT2D eigenvalue weighted by atomic mass is 32.2. The lowest BCUT2D eigenvalue weighted by molar-refractivity contribution is -0.129. The van der Waals surface area contributed by atoms with Crippen molar-refractivity contribution in [1.29, 1.82) is 5.41 Å². The summed E-state index contributed by atoms with van der Waals surface area (Å²) in [6.07, 6.45) is 0.349. The second kappa shape index (κ2) is 8.72. The Labute approximate surface area is 191 Å². The molecule has 0 bridgehead atoms. The number of rotatable bonds is 7. The largest absolute Gasteiger partial charge is 0.497 e. The SMILES string of the molecule is COc1ccc2ccc(S(=O)(=O)NC3CCN(Cc4cc(N)cc(C(=N)N)c4)C3=O)cc2c1. The third kappa shape index (κ3) is 4.76. The number of methoxy groups -OCH3 is 1. The van der Waals surface area contributed by atoms with Gasteiger partial charge in [0.1, 0.15) is 17.6 Å². The van der Waals surface area contributed by atoms with Gasteiger partial charge in [0.2, 0.25) is 15.9 Å². The van der Waals surface area contributed by atoms with E-state index in [-0.39, 0.29) is 23.2 Å². The zero-order valence-corrected chi connectivity index (χ0v) is 18.9. The first-order valence-corrected chi connectivity index (χ1v) is 11.8. The molecule has 1 heterocycles. The van der Waals surface area contributed by atoms with Crippen molar-refractivity contribution in [3.8, 4) is 5.75 Å². The molecule has 3 aromatic rings. The van der Waals surface area contributed by atoms with Gasteiger partial charge in [0.05, 0.1) is 12.0 Å². The Bertz CT molecular complexity index is 1360. The molecular weight excluding hydrogens is 442 g/mol. The van der Waals surface area contributed by atoms with E-state index in [0.29, 0.717) is 30.0 Å². The van der Waals surface area contributed by atoms with Gasteiger partial charge in [-0.1, -0.05) is 12.1 Å². The third-order valence-corrected chi connectivity index (χ3v) is 7.09. The number of nitrogens with one attached hydrogen (secondary N) is 2. The topological polar surface area (TPSA) is 152 Å². The van der Waals surface area contributed by atoms with Crippen LogP contribution in [-0.4, -0.2) is 44.8 Å². The maximum atomic E-state index is 13.0. The number of carbonyl (C=O) groups excluding carboxylic acids is 1. The van der Waals surface area contributed by atoms with Crippen molar-refractivity contribution in [2.24, 2.45) is 5.73 Å². The molecule has 0 spiro atoms. The highest BCUT2D eigenvalue weighted by Crippen LogP contribution is 2.25. The van der Waals surface area contributed by atoms with Gasteiger partial charge in [-0.2, -0.15) is 4.72 Å². The van der Waals surface area contributed by atoms with Gasteiger partial charge in [0.15, 0.2) is 0 Å². The van der Waals surface area contributed by atoms with Gasteiger partial charge < -0.3 is 21.1 Å². The summed E-state index contributed by atoms with van der Waals surface area (Å²) in [5.41, 5.74) is 13.1. The van der Waals surface area contributed by atoms with E-state index in [0.717, 1.165) is 16.3 Å². The molecule has 1 saturated heterocycles. The molecule has 1 atom stereocenters. The minimum Gasteiger partial charge on any atom is -0.497 e. The van der Waals surface area contributed by atoms with Crippen LogP contribution in [-0.2, 0) is 21.4 Å². The summed E-state index contributed by atoms with van der Waals surface area (Å²) in [7, 11) is -2.36. The van der Waals surface area contributed by atoms with Crippen LogP contribution in [0.2, 0.25) is 0 Å². The van der Waals surface area contributed by atoms with Crippen LogP contribution in [0, 0.1) is 5.41 Å². The fourth-order valence-corrected chi connectivity index (χ4v) is 5.20. The standard InChI is InChI=1S/C23H25N5O4S/c1-32-19-4-2-15-3-5-20(12-16(15)11-19)33(30,31)27-21-6-7-28(23(21)29)13-14-8-17(22(25)26)10-18(24)9-14/h2-5,8-12,21,27H,6-7,13,24H2,1H3,(H3,25,26). The second-order valence-corrected chi connectivity index (χ2v) is 9.69. The molecule has 0 aliphatic carbocycles. The van der Waals surface area contributed by atoms with Crippen LogP contribution in [0.4, 0.5) is 5.69 Å². The zero-order chi connectivity index (χ0) is 23.8. The molecule has 0 aromatic heterocycles. The fraction of sp³-hybridized carbons (Fsp3) is 0.217. The minimum absolute atomic E-state index is 0.0800. The number of sulfonamides is 1. The van der Waals surface area contributed by atoms with E-state index < -0.39 is 16.1 Å². The summed E-state index contributed by atoms with van der Waals surface area (Å²) in [6, 6.07) is 14.4. The zero-order valence-electron chi connectivity index (χ0n) is 18.0. The van der Waals surface area contributed by atoms with Crippen molar-refractivity contribution >= 4 is 38.2 Å². The number of amides is 1. The maximum Gasteiger partial charge on any atom is 0.241 e. The molecular formula is C23H25N5O4S. The summed E-state index contributed by atoms with van der Waals surface area (Å²) >= 11 is 0. The van der Waals surface area contributed by atoms with E-state index in [1.807, 2.05) is 6.07 Å². The van der Waals surface area contributed by atoms with E-state index in [4.69, 9.17) is 21.6 Å². The highest BCUT2D eigenvalue weighted by molar-refractivity contribution is 7.89. The number of fused-ring (bicyclic) bond motifs is 1. The lowest BCUT2D eigenvalue weighted by Crippen LogP contribution is -2.41. The molecule has 1 unspecified atom stereocenters. The first-order chi connectivity index (χ1) is 15.7. The van der Waals surface area contributed by atoms with E-state index >= 15 is 0 Å². The van der Waals surface area contributed by atoms with Crippen LogP contribution in [0.5, 0.6) is 5.75 Å². The average Bonchev–Trinajstić information content (AvgIpc) is 3.11.